The average molecular weight is 254 g/mol. The van der Waals surface area contributed by atoms with Gasteiger partial charge in [0.15, 0.2) is 5.78 Å². The zero-order valence-corrected chi connectivity index (χ0v) is 10.3. The lowest BCUT2D eigenvalue weighted by Crippen LogP contribution is -2.37. The smallest absolute Gasteiger partial charge is 0.166 e. The summed E-state index contributed by atoms with van der Waals surface area (Å²) in [5.41, 5.74) is -0.759. The summed E-state index contributed by atoms with van der Waals surface area (Å²) < 4.78 is 0. The summed E-state index contributed by atoms with van der Waals surface area (Å²) in [7, 11) is 0. The van der Waals surface area contributed by atoms with Crippen molar-refractivity contribution >= 4 is 16.6 Å². The van der Waals surface area contributed by atoms with Crippen LogP contribution in [0.2, 0.25) is 0 Å². The van der Waals surface area contributed by atoms with Crippen LogP contribution in [0.5, 0.6) is 0 Å². The Morgan fingerprint density at radius 1 is 1.11 bits per heavy atom. The van der Waals surface area contributed by atoms with Crippen molar-refractivity contribution in [3.8, 4) is 0 Å². The highest BCUT2D eigenvalue weighted by atomic mass is 16.3. The Labute approximate surface area is 110 Å². The van der Waals surface area contributed by atoms with E-state index < -0.39 is 18.1 Å². The van der Waals surface area contributed by atoms with E-state index >= 15 is 0 Å². The van der Waals surface area contributed by atoms with E-state index in [9.17, 15) is 15.0 Å². The second kappa shape index (κ2) is 4.30. The number of benzene rings is 2. The molecule has 1 aliphatic carbocycles. The summed E-state index contributed by atoms with van der Waals surface area (Å²) in [6.07, 6.45) is 2.73. The zero-order valence-electron chi connectivity index (χ0n) is 10.3. The van der Waals surface area contributed by atoms with Crippen molar-refractivity contribution in [2.45, 2.75) is 11.5 Å². The van der Waals surface area contributed by atoms with Gasteiger partial charge >= 0.3 is 0 Å². The summed E-state index contributed by atoms with van der Waals surface area (Å²) in [6, 6.07) is 13.5. The molecule has 0 spiro atoms. The van der Waals surface area contributed by atoms with Crippen molar-refractivity contribution in [3.05, 3.63) is 60.2 Å². The molecule has 1 aliphatic rings. The summed E-state index contributed by atoms with van der Waals surface area (Å²) in [5, 5.41) is 21.7. The summed E-state index contributed by atoms with van der Waals surface area (Å²) in [5.74, 6) is -0.895. The summed E-state index contributed by atoms with van der Waals surface area (Å²) in [4.78, 5) is 11.9. The highest BCUT2D eigenvalue weighted by Gasteiger charge is 2.43. The van der Waals surface area contributed by atoms with E-state index in [-0.39, 0.29) is 5.78 Å². The van der Waals surface area contributed by atoms with Gasteiger partial charge in [-0.1, -0.05) is 42.5 Å². The topological polar surface area (TPSA) is 57.5 Å². The SMILES string of the molecule is O=C1C=C[C@@](O)(CO)C1c1ccc2ccccc2c1. The summed E-state index contributed by atoms with van der Waals surface area (Å²) in [6.45, 7) is -0.466. The van der Waals surface area contributed by atoms with Gasteiger partial charge < -0.3 is 10.2 Å². The van der Waals surface area contributed by atoms with E-state index in [0.717, 1.165) is 16.3 Å². The first-order chi connectivity index (χ1) is 9.14. The highest BCUT2D eigenvalue weighted by molar-refractivity contribution is 6.00. The van der Waals surface area contributed by atoms with Crippen LogP contribution in [0.25, 0.3) is 10.8 Å². The van der Waals surface area contributed by atoms with Gasteiger partial charge in [0.05, 0.1) is 12.5 Å². The standard InChI is InChI=1S/C16H14O3/c17-10-16(19)8-7-14(18)15(16)13-6-5-11-3-1-2-4-12(11)9-13/h1-9,15,17,19H,10H2/t15?,16-/m1/s1. The third kappa shape index (κ3) is 1.87. The third-order valence-corrected chi connectivity index (χ3v) is 3.68. The number of carbonyl (C=O) groups is 1. The van der Waals surface area contributed by atoms with Gasteiger partial charge in [-0.25, -0.2) is 0 Å². The van der Waals surface area contributed by atoms with Crippen molar-refractivity contribution in [1.82, 2.24) is 0 Å². The quantitative estimate of drug-likeness (QED) is 0.859. The van der Waals surface area contributed by atoms with Crippen molar-refractivity contribution in [2.75, 3.05) is 6.61 Å². The van der Waals surface area contributed by atoms with Gasteiger partial charge in [-0.3, -0.25) is 4.79 Å². The number of aliphatic hydroxyl groups excluding tert-OH is 1. The Morgan fingerprint density at radius 3 is 2.58 bits per heavy atom. The molecule has 3 rings (SSSR count). The molecular formula is C16H14O3. The Kier molecular flexibility index (Phi) is 2.73. The predicted molar refractivity (Wildman–Crippen MR) is 72.9 cm³/mol. The first kappa shape index (κ1) is 12.1. The van der Waals surface area contributed by atoms with Crippen LogP contribution in [0.1, 0.15) is 11.5 Å². The van der Waals surface area contributed by atoms with Gasteiger partial charge in [0, 0.05) is 0 Å². The molecule has 0 bridgehead atoms. The molecule has 0 amide bonds. The Morgan fingerprint density at radius 2 is 1.84 bits per heavy atom. The van der Waals surface area contributed by atoms with Crippen molar-refractivity contribution in [3.63, 3.8) is 0 Å². The van der Waals surface area contributed by atoms with Crippen molar-refractivity contribution in [1.29, 1.82) is 0 Å². The van der Waals surface area contributed by atoms with Crippen LogP contribution in [0.4, 0.5) is 0 Å². The van der Waals surface area contributed by atoms with E-state index in [1.807, 2.05) is 42.5 Å². The van der Waals surface area contributed by atoms with Crippen LogP contribution in [0.15, 0.2) is 54.6 Å². The van der Waals surface area contributed by atoms with Crippen LogP contribution in [0, 0.1) is 0 Å². The maximum absolute atomic E-state index is 11.9. The van der Waals surface area contributed by atoms with Crippen LogP contribution in [0.3, 0.4) is 0 Å². The fourth-order valence-electron chi connectivity index (χ4n) is 2.65. The number of ketones is 1. The molecule has 0 saturated carbocycles. The molecule has 2 N–H and O–H groups in total. The molecule has 0 heterocycles. The molecule has 1 unspecified atom stereocenters. The van der Waals surface area contributed by atoms with Gasteiger partial charge in [0.25, 0.3) is 0 Å². The fraction of sp³-hybridized carbons (Fsp3) is 0.188. The predicted octanol–water partition coefficient (Wildman–Crippen LogP) is 1.79. The number of hydrogen-bond acceptors (Lipinski definition) is 3. The third-order valence-electron chi connectivity index (χ3n) is 3.68. The molecule has 0 saturated heterocycles. The van der Waals surface area contributed by atoms with Crippen molar-refractivity contribution < 1.29 is 15.0 Å². The molecular weight excluding hydrogens is 240 g/mol. The molecule has 2 aromatic rings. The van der Waals surface area contributed by atoms with Gasteiger partial charge in [-0.2, -0.15) is 0 Å². The number of hydrogen-bond donors (Lipinski definition) is 2. The first-order valence-electron chi connectivity index (χ1n) is 6.19. The lowest BCUT2D eigenvalue weighted by Gasteiger charge is -2.26. The van der Waals surface area contributed by atoms with Crippen LogP contribution < -0.4 is 0 Å². The van der Waals surface area contributed by atoms with Crippen LogP contribution in [-0.4, -0.2) is 28.2 Å². The Hall–Kier alpha value is -1.97. The number of rotatable bonds is 2. The molecule has 3 heteroatoms. The van der Waals surface area contributed by atoms with E-state index in [1.165, 1.54) is 12.2 Å². The van der Waals surface area contributed by atoms with Crippen LogP contribution in [-0.2, 0) is 4.79 Å². The molecule has 0 aromatic heterocycles. The second-order valence-electron chi connectivity index (χ2n) is 4.92. The number of allylic oxidation sites excluding steroid dienone is 1. The normalized spacial score (nSPS) is 26.2. The molecule has 0 radical (unpaired) electrons. The molecule has 0 aliphatic heterocycles. The molecule has 0 fully saturated rings. The Balaban J connectivity index is 2.11. The lowest BCUT2D eigenvalue weighted by atomic mass is 9.83. The lowest BCUT2D eigenvalue weighted by molar-refractivity contribution is -0.119. The maximum atomic E-state index is 11.9. The zero-order chi connectivity index (χ0) is 13.5. The van der Waals surface area contributed by atoms with E-state index in [4.69, 9.17) is 0 Å². The molecule has 19 heavy (non-hydrogen) atoms. The van der Waals surface area contributed by atoms with Crippen LogP contribution >= 0.6 is 0 Å². The van der Waals surface area contributed by atoms with Gasteiger partial charge in [0.1, 0.15) is 5.60 Å². The monoisotopic (exact) mass is 254 g/mol. The highest BCUT2D eigenvalue weighted by Crippen LogP contribution is 2.36. The molecule has 96 valence electrons. The van der Waals surface area contributed by atoms with Gasteiger partial charge in [-0.05, 0) is 28.5 Å². The summed E-state index contributed by atoms with van der Waals surface area (Å²) >= 11 is 0. The minimum Gasteiger partial charge on any atom is -0.393 e. The largest absolute Gasteiger partial charge is 0.393 e. The van der Waals surface area contributed by atoms with E-state index in [0.29, 0.717) is 0 Å². The Bertz CT molecular complexity index is 675. The minimum absolute atomic E-state index is 0.174. The maximum Gasteiger partial charge on any atom is 0.166 e. The average Bonchev–Trinajstić information content (AvgIpc) is 2.75. The van der Waals surface area contributed by atoms with Gasteiger partial charge in [0.2, 0.25) is 0 Å². The molecule has 2 aromatic carbocycles. The number of aliphatic hydroxyl groups is 2. The first-order valence-corrected chi connectivity index (χ1v) is 6.19. The number of fused-ring (bicyclic) bond motifs is 1. The van der Waals surface area contributed by atoms with E-state index in [1.54, 1.807) is 0 Å². The number of carbonyl (C=O) groups excluding carboxylic acids is 1. The van der Waals surface area contributed by atoms with Crippen molar-refractivity contribution in [2.24, 2.45) is 0 Å². The minimum atomic E-state index is -1.49. The molecule has 2 atom stereocenters. The van der Waals surface area contributed by atoms with Gasteiger partial charge in [-0.15, -0.1) is 0 Å². The molecule has 3 nitrogen and oxygen atoms in total. The second-order valence-corrected chi connectivity index (χ2v) is 4.92. The fourth-order valence-corrected chi connectivity index (χ4v) is 2.65. The van der Waals surface area contributed by atoms with E-state index in [2.05, 4.69) is 0 Å².